The summed E-state index contributed by atoms with van der Waals surface area (Å²) < 4.78 is 3.43. The molecule has 0 aliphatic rings. The zero-order chi connectivity index (χ0) is 14.4. The molecule has 2 aromatic heterocycles. The standard InChI is InChI=1S/C16H12N4O/c1-11-7-8-14-13(9-11)15(21)20(12-5-3-2-4-6-12)16-18-17-10-19(14)16/h2-10H,1H3. The van der Waals surface area contributed by atoms with Gasteiger partial charge in [-0.2, -0.15) is 0 Å². The average molecular weight is 276 g/mol. The highest BCUT2D eigenvalue weighted by Crippen LogP contribution is 2.16. The monoisotopic (exact) mass is 276 g/mol. The molecular weight excluding hydrogens is 264 g/mol. The molecule has 5 nitrogen and oxygen atoms in total. The van der Waals surface area contributed by atoms with Gasteiger partial charge in [-0.15, -0.1) is 10.2 Å². The van der Waals surface area contributed by atoms with E-state index >= 15 is 0 Å². The lowest BCUT2D eigenvalue weighted by Gasteiger charge is -2.10. The molecule has 0 saturated carbocycles. The van der Waals surface area contributed by atoms with Crippen LogP contribution in [-0.4, -0.2) is 19.2 Å². The van der Waals surface area contributed by atoms with E-state index in [0.29, 0.717) is 11.2 Å². The Kier molecular flexibility index (Phi) is 2.41. The Morgan fingerprint density at radius 3 is 2.67 bits per heavy atom. The lowest BCUT2D eigenvalue weighted by atomic mass is 10.1. The maximum atomic E-state index is 12.9. The van der Waals surface area contributed by atoms with Crippen LogP contribution >= 0.6 is 0 Å². The summed E-state index contributed by atoms with van der Waals surface area (Å²) in [7, 11) is 0. The van der Waals surface area contributed by atoms with Crippen molar-refractivity contribution in [3.05, 3.63) is 70.8 Å². The molecule has 0 unspecified atom stereocenters. The van der Waals surface area contributed by atoms with Crippen molar-refractivity contribution >= 4 is 16.7 Å². The summed E-state index contributed by atoms with van der Waals surface area (Å²) in [6.45, 7) is 1.97. The molecule has 4 rings (SSSR count). The van der Waals surface area contributed by atoms with Gasteiger partial charge in [0.1, 0.15) is 6.33 Å². The van der Waals surface area contributed by atoms with Crippen molar-refractivity contribution in [3.63, 3.8) is 0 Å². The molecule has 2 aromatic carbocycles. The van der Waals surface area contributed by atoms with Gasteiger partial charge in [-0.25, -0.2) is 4.57 Å². The smallest absolute Gasteiger partial charge is 0.267 e. The van der Waals surface area contributed by atoms with Crippen molar-refractivity contribution in [1.82, 2.24) is 19.2 Å². The molecule has 102 valence electrons. The first-order valence-corrected chi connectivity index (χ1v) is 6.66. The van der Waals surface area contributed by atoms with Gasteiger partial charge in [0.25, 0.3) is 5.56 Å². The Morgan fingerprint density at radius 1 is 1.05 bits per heavy atom. The van der Waals surface area contributed by atoms with Gasteiger partial charge < -0.3 is 0 Å². The zero-order valence-corrected chi connectivity index (χ0v) is 11.4. The van der Waals surface area contributed by atoms with Gasteiger partial charge in [0, 0.05) is 0 Å². The van der Waals surface area contributed by atoms with Crippen LogP contribution in [0.5, 0.6) is 0 Å². The molecule has 0 amide bonds. The van der Waals surface area contributed by atoms with Crippen molar-refractivity contribution in [1.29, 1.82) is 0 Å². The van der Waals surface area contributed by atoms with Crippen LogP contribution in [0.1, 0.15) is 5.56 Å². The fourth-order valence-electron chi connectivity index (χ4n) is 2.60. The minimum atomic E-state index is -0.0830. The van der Waals surface area contributed by atoms with E-state index in [1.54, 1.807) is 10.9 Å². The lowest BCUT2D eigenvalue weighted by Crippen LogP contribution is -2.21. The number of aromatic nitrogens is 4. The Balaban J connectivity index is 2.26. The Morgan fingerprint density at radius 2 is 1.86 bits per heavy atom. The average Bonchev–Trinajstić information content (AvgIpc) is 2.98. The summed E-state index contributed by atoms with van der Waals surface area (Å²) in [4.78, 5) is 12.9. The first kappa shape index (κ1) is 11.8. The molecule has 0 N–H and O–H groups in total. The molecule has 0 saturated heterocycles. The van der Waals surface area contributed by atoms with Crippen molar-refractivity contribution in [2.45, 2.75) is 6.92 Å². The fourth-order valence-corrected chi connectivity index (χ4v) is 2.60. The highest BCUT2D eigenvalue weighted by atomic mass is 16.1. The van der Waals surface area contributed by atoms with Crippen molar-refractivity contribution in [2.75, 3.05) is 0 Å². The molecule has 0 fully saturated rings. The number of fused-ring (bicyclic) bond motifs is 3. The summed E-state index contributed by atoms with van der Waals surface area (Å²) in [6.07, 6.45) is 1.63. The minimum Gasteiger partial charge on any atom is -0.268 e. The molecular formula is C16H12N4O. The third kappa shape index (κ3) is 1.67. The van der Waals surface area contributed by atoms with Crippen LogP contribution in [0.4, 0.5) is 0 Å². The van der Waals surface area contributed by atoms with Gasteiger partial charge in [-0.1, -0.05) is 29.8 Å². The van der Waals surface area contributed by atoms with E-state index in [1.807, 2.05) is 59.9 Å². The van der Waals surface area contributed by atoms with Crippen LogP contribution in [0.15, 0.2) is 59.7 Å². The molecule has 4 aromatic rings. The number of nitrogens with zero attached hydrogens (tertiary/aromatic N) is 4. The van der Waals surface area contributed by atoms with E-state index in [0.717, 1.165) is 16.8 Å². The number of benzene rings is 2. The van der Waals surface area contributed by atoms with Gasteiger partial charge >= 0.3 is 0 Å². The first-order valence-electron chi connectivity index (χ1n) is 6.66. The maximum absolute atomic E-state index is 12.9. The quantitative estimate of drug-likeness (QED) is 0.536. The van der Waals surface area contributed by atoms with Gasteiger partial charge in [0.05, 0.1) is 16.6 Å². The van der Waals surface area contributed by atoms with Crippen LogP contribution in [-0.2, 0) is 0 Å². The van der Waals surface area contributed by atoms with E-state index in [-0.39, 0.29) is 5.56 Å². The summed E-state index contributed by atoms with van der Waals surface area (Å²) in [5, 5.41) is 8.72. The molecule has 0 aliphatic heterocycles. The molecule has 0 radical (unpaired) electrons. The van der Waals surface area contributed by atoms with Crippen molar-refractivity contribution < 1.29 is 0 Å². The van der Waals surface area contributed by atoms with Gasteiger partial charge in [-0.05, 0) is 31.2 Å². The van der Waals surface area contributed by atoms with E-state index in [1.165, 1.54) is 0 Å². The van der Waals surface area contributed by atoms with Gasteiger partial charge in [0.15, 0.2) is 0 Å². The predicted octanol–water partition coefficient (Wildman–Crippen LogP) is 2.34. The number of hydrogen-bond acceptors (Lipinski definition) is 3. The summed E-state index contributed by atoms with van der Waals surface area (Å²) in [5.74, 6) is 0.516. The van der Waals surface area contributed by atoms with E-state index < -0.39 is 0 Å². The molecule has 0 spiro atoms. The van der Waals surface area contributed by atoms with Crippen molar-refractivity contribution in [3.8, 4) is 5.69 Å². The van der Waals surface area contributed by atoms with Crippen LogP contribution in [0, 0.1) is 6.92 Å². The van der Waals surface area contributed by atoms with E-state index in [4.69, 9.17) is 0 Å². The van der Waals surface area contributed by atoms with Crippen LogP contribution in [0.25, 0.3) is 22.4 Å². The van der Waals surface area contributed by atoms with Gasteiger partial charge in [0.2, 0.25) is 5.78 Å². The van der Waals surface area contributed by atoms with Crippen molar-refractivity contribution in [2.24, 2.45) is 0 Å². The molecule has 21 heavy (non-hydrogen) atoms. The Hall–Kier alpha value is -2.95. The largest absolute Gasteiger partial charge is 0.268 e. The number of para-hydroxylation sites is 1. The van der Waals surface area contributed by atoms with E-state index in [2.05, 4.69) is 10.2 Å². The first-order chi connectivity index (χ1) is 10.3. The highest BCUT2D eigenvalue weighted by Gasteiger charge is 2.13. The molecule has 5 heteroatoms. The normalized spacial score (nSPS) is 11.3. The third-order valence-corrected chi connectivity index (χ3v) is 3.59. The maximum Gasteiger partial charge on any atom is 0.267 e. The Bertz CT molecular complexity index is 1010. The summed E-state index contributed by atoms with van der Waals surface area (Å²) >= 11 is 0. The Labute approximate surface area is 120 Å². The minimum absolute atomic E-state index is 0.0830. The van der Waals surface area contributed by atoms with Crippen LogP contribution in [0.2, 0.25) is 0 Å². The van der Waals surface area contributed by atoms with Gasteiger partial charge in [-0.3, -0.25) is 9.20 Å². The summed E-state index contributed by atoms with van der Waals surface area (Å²) in [5.41, 5.74) is 2.56. The molecule has 2 heterocycles. The van der Waals surface area contributed by atoms with Crippen LogP contribution < -0.4 is 5.56 Å². The SMILES string of the molecule is Cc1ccc2c(c1)c(=O)n(-c1ccccc1)c1nncn21. The topological polar surface area (TPSA) is 52.2 Å². The van der Waals surface area contributed by atoms with E-state index in [9.17, 15) is 4.79 Å². The number of aryl methyl sites for hydroxylation is 1. The predicted molar refractivity (Wildman–Crippen MR) is 80.8 cm³/mol. The summed E-state index contributed by atoms with van der Waals surface area (Å²) in [6, 6.07) is 15.3. The highest BCUT2D eigenvalue weighted by molar-refractivity contribution is 5.81. The number of rotatable bonds is 1. The molecule has 0 atom stereocenters. The second-order valence-corrected chi connectivity index (χ2v) is 5.00. The van der Waals surface area contributed by atoms with Crippen LogP contribution in [0.3, 0.4) is 0 Å². The second kappa shape index (κ2) is 4.28. The molecule has 0 aliphatic carbocycles. The fraction of sp³-hybridized carbons (Fsp3) is 0.0625. The molecule has 0 bridgehead atoms. The zero-order valence-electron chi connectivity index (χ0n) is 11.4. The third-order valence-electron chi connectivity index (χ3n) is 3.59. The lowest BCUT2D eigenvalue weighted by molar-refractivity contribution is 0.966. The second-order valence-electron chi connectivity index (χ2n) is 5.00. The number of hydrogen-bond donors (Lipinski definition) is 0.